The van der Waals surface area contributed by atoms with Crippen molar-refractivity contribution in [3.05, 3.63) is 75.8 Å². The van der Waals surface area contributed by atoms with Crippen molar-refractivity contribution in [1.82, 2.24) is 20.8 Å². The van der Waals surface area contributed by atoms with Crippen LogP contribution in [0.15, 0.2) is 61.1 Å². The Kier molecular flexibility index (Phi) is 5.52. The van der Waals surface area contributed by atoms with Crippen LogP contribution in [0, 0.1) is 0 Å². The van der Waals surface area contributed by atoms with E-state index in [4.69, 9.17) is 16.4 Å². The molecule has 4 rings (SSSR count). The zero-order chi connectivity index (χ0) is 19.3. The summed E-state index contributed by atoms with van der Waals surface area (Å²) in [6.45, 7) is 0.359. The Hall–Kier alpha value is -2.94. The predicted octanol–water partition coefficient (Wildman–Crippen LogP) is 3.61. The molecule has 0 saturated carbocycles. The minimum absolute atomic E-state index is 0.164. The summed E-state index contributed by atoms with van der Waals surface area (Å²) < 4.78 is 0.587. The van der Waals surface area contributed by atoms with Gasteiger partial charge < -0.3 is 10.6 Å². The minimum Gasteiger partial charge on any atom is -0.348 e. The molecule has 7 nitrogen and oxygen atoms in total. The van der Waals surface area contributed by atoms with Crippen LogP contribution in [0.5, 0.6) is 0 Å². The first kappa shape index (κ1) is 18.4. The van der Waals surface area contributed by atoms with Crippen LogP contribution in [0.1, 0.15) is 15.2 Å². The summed E-state index contributed by atoms with van der Waals surface area (Å²) in [6.07, 6.45) is 4.86. The zero-order valence-corrected chi connectivity index (χ0v) is 16.1. The number of thiophene rings is 1. The Morgan fingerprint density at radius 3 is 2.79 bits per heavy atom. The SMILES string of the molecule is O=C(NCC1C=C(c2ccc(Nc3ccncn3)cc2)NO1)c1ccc(Cl)s1. The maximum Gasteiger partial charge on any atom is 0.261 e. The van der Waals surface area contributed by atoms with Gasteiger partial charge in [-0.25, -0.2) is 9.97 Å². The van der Waals surface area contributed by atoms with Crippen LogP contribution in [0.4, 0.5) is 11.5 Å². The van der Waals surface area contributed by atoms with E-state index in [0.717, 1.165) is 22.8 Å². The Morgan fingerprint density at radius 1 is 1.21 bits per heavy atom. The van der Waals surface area contributed by atoms with Gasteiger partial charge >= 0.3 is 0 Å². The van der Waals surface area contributed by atoms with Gasteiger partial charge in [0.25, 0.3) is 5.91 Å². The Morgan fingerprint density at radius 2 is 2.07 bits per heavy atom. The van der Waals surface area contributed by atoms with Crippen LogP contribution >= 0.6 is 22.9 Å². The van der Waals surface area contributed by atoms with Crippen molar-refractivity contribution in [2.45, 2.75) is 6.10 Å². The van der Waals surface area contributed by atoms with Crippen molar-refractivity contribution in [3.63, 3.8) is 0 Å². The zero-order valence-electron chi connectivity index (χ0n) is 14.6. The molecule has 0 saturated heterocycles. The number of anilines is 2. The van der Waals surface area contributed by atoms with E-state index in [1.165, 1.54) is 17.7 Å². The van der Waals surface area contributed by atoms with E-state index in [1.807, 2.05) is 30.3 Å². The van der Waals surface area contributed by atoms with Gasteiger partial charge in [0.2, 0.25) is 0 Å². The van der Waals surface area contributed by atoms with E-state index in [0.29, 0.717) is 15.8 Å². The molecular weight excluding hydrogens is 398 g/mol. The second-order valence-electron chi connectivity index (χ2n) is 5.95. The molecule has 2 aromatic heterocycles. The van der Waals surface area contributed by atoms with E-state index >= 15 is 0 Å². The number of benzene rings is 1. The number of hydrogen-bond acceptors (Lipinski definition) is 7. The van der Waals surface area contributed by atoms with Crippen LogP contribution in [0.3, 0.4) is 0 Å². The molecular formula is C19H16ClN5O2S. The van der Waals surface area contributed by atoms with Crippen LogP contribution in [-0.4, -0.2) is 28.5 Å². The van der Waals surface area contributed by atoms with Gasteiger partial charge in [0.05, 0.1) is 21.5 Å². The van der Waals surface area contributed by atoms with Gasteiger partial charge in [-0.3, -0.25) is 15.1 Å². The summed E-state index contributed by atoms with van der Waals surface area (Å²) in [7, 11) is 0. The van der Waals surface area contributed by atoms with Crippen molar-refractivity contribution < 1.29 is 9.63 Å². The van der Waals surface area contributed by atoms with Crippen LogP contribution in [0.2, 0.25) is 4.34 Å². The highest BCUT2D eigenvalue weighted by molar-refractivity contribution is 7.17. The molecule has 28 heavy (non-hydrogen) atoms. The normalized spacial score (nSPS) is 15.6. The third-order valence-corrected chi connectivity index (χ3v) is 5.21. The lowest BCUT2D eigenvalue weighted by molar-refractivity contribution is 0.0499. The summed E-state index contributed by atoms with van der Waals surface area (Å²) in [5.41, 5.74) is 5.66. The summed E-state index contributed by atoms with van der Waals surface area (Å²) in [5, 5.41) is 6.05. The van der Waals surface area contributed by atoms with Gasteiger partial charge in [-0.1, -0.05) is 23.7 Å². The fraction of sp³-hybridized carbons (Fsp3) is 0.105. The fourth-order valence-electron chi connectivity index (χ4n) is 2.61. The molecule has 3 heterocycles. The Balaban J connectivity index is 1.34. The molecule has 142 valence electrons. The second kappa shape index (κ2) is 8.39. The molecule has 0 aliphatic carbocycles. The molecule has 1 amide bonds. The van der Waals surface area contributed by atoms with Crippen LogP contribution in [0.25, 0.3) is 5.70 Å². The van der Waals surface area contributed by atoms with Crippen LogP contribution < -0.4 is 16.1 Å². The lowest BCUT2D eigenvalue weighted by Gasteiger charge is -2.08. The molecule has 9 heteroatoms. The van der Waals surface area contributed by atoms with Gasteiger partial charge in [0.15, 0.2) is 0 Å². The summed E-state index contributed by atoms with van der Waals surface area (Å²) in [4.78, 5) is 26.2. The topological polar surface area (TPSA) is 88.2 Å². The molecule has 0 spiro atoms. The number of rotatable bonds is 6. The first-order valence-electron chi connectivity index (χ1n) is 8.48. The van der Waals surface area contributed by atoms with Gasteiger partial charge in [-0.05, 0) is 42.0 Å². The van der Waals surface area contributed by atoms with Crippen molar-refractivity contribution in [1.29, 1.82) is 0 Å². The molecule has 1 aliphatic rings. The number of carbonyl (C=O) groups excluding carboxylic acids is 1. The number of hydroxylamine groups is 1. The standard InChI is InChI=1S/C19H16ClN5O2S/c20-17-6-5-16(28-17)19(26)22-10-14-9-15(25-27-14)12-1-3-13(4-2-12)24-18-7-8-21-11-23-18/h1-9,11,14,25H,10H2,(H,22,26)(H,21,23,24). The van der Waals surface area contributed by atoms with E-state index in [-0.39, 0.29) is 12.0 Å². The highest BCUT2D eigenvalue weighted by Gasteiger charge is 2.19. The number of aromatic nitrogens is 2. The molecule has 1 aliphatic heterocycles. The third-order valence-electron chi connectivity index (χ3n) is 3.98. The first-order valence-corrected chi connectivity index (χ1v) is 9.67. The lowest BCUT2D eigenvalue weighted by Crippen LogP contribution is -2.31. The van der Waals surface area contributed by atoms with E-state index < -0.39 is 0 Å². The van der Waals surface area contributed by atoms with Crippen LogP contribution in [-0.2, 0) is 4.84 Å². The largest absolute Gasteiger partial charge is 0.348 e. The lowest BCUT2D eigenvalue weighted by atomic mass is 10.1. The number of hydrogen-bond donors (Lipinski definition) is 3. The van der Waals surface area contributed by atoms with Crippen molar-refractivity contribution >= 4 is 46.0 Å². The molecule has 1 aromatic carbocycles. The van der Waals surface area contributed by atoms with E-state index in [2.05, 4.69) is 26.1 Å². The Labute approximate surface area is 170 Å². The molecule has 0 radical (unpaired) electrons. The Bertz CT molecular complexity index is 991. The summed E-state index contributed by atoms with van der Waals surface area (Å²) >= 11 is 7.10. The minimum atomic E-state index is -0.256. The van der Waals surface area contributed by atoms with Crippen molar-refractivity contribution in [2.75, 3.05) is 11.9 Å². The average Bonchev–Trinajstić information content (AvgIpc) is 3.37. The molecule has 0 bridgehead atoms. The van der Waals surface area contributed by atoms with E-state index in [9.17, 15) is 4.79 Å². The molecule has 3 aromatic rings. The van der Waals surface area contributed by atoms with Crippen molar-refractivity contribution in [2.24, 2.45) is 0 Å². The quantitative estimate of drug-likeness (QED) is 0.572. The van der Waals surface area contributed by atoms with Gasteiger partial charge in [-0.2, -0.15) is 0 Å². The number of nitrogens with zero attached hydrogens (tertiary/aromatic N) is 2. The second-order valence-corrected chi connectivity index (χ2v) is 7.66. The summed E-state index contributed by atoms with van der Waals surface area (Å²) in [6, 6.07) is 13.1. The number of carbonyl (C=O) groups is 1. The smallest absolute Gasteiger partial charge is 0.261 e. The highest BCUT2D eigenvalue weighted by atomic mass is 35.5. The number of amides is 1. The van der Waals surface area contributed by atoms with Crippen molar-refractivity contribution in [3.8, 4) is 0 Å². The fourth-order valence-corrected chi connectivity index (χ4v) is 3.57. The molecule has 1 unspecified atom stereocenters. The van der Waals surface area contributed by atoms with Gasteiger partial charge in [0, 0.05) is 11.9 Å². The number of nitrogens with one attached hydrogen (secondary N) is 3. The number of halogens is 1. The maximum absolute atomic E-state index is 12.1. The molecule has 3 N–H and O–H groups in total. The maximum atomic E-state index is 12.1. The van der Waals surface area contributed by atoms with E-state index in [1.54, 1.807) is 24.4 Å². The van der Waals surface area contributed by atoms with Gasteiger partial charge in [0.1, 0.15) is 18.2 Å². The first-order chi connectivity index (χ1) is 13.7. The molecule has 0 fully saturated rings. The highest BCUT2D eigenvalue weighted by Crippen LogP contribution is 2.23. The third kappa shape index (κ3) is 4.48. The average molecular weight is 414 g/mol. The van der Waals surface area contributed by atoms with Gasteiger partial charge in [-0.15, -0.1) is 11.3 Å². The predicted molar refractivity (Wildman–Crippen MR) is 109 cm³/mol. The monoisotopic (exact) mass is 413 g/mol. The molecule has 1 atom stereocenters. The summed E-state index contributed by atoms with van der Waals surface area (Å²) in [5.74, 6) is 0.564.